The molecule has 1 aliphatic rings. The van der Waals surface area contributed by atoms with Gasteiger partial charge in [-0.05, 0) is 24.3 Å². The van der Waals surface area contributed by atoms with Gasteiger partial charge in [0.1, 0.15) is 11.5 Å². The van der Waals surface area contributed by atoms with E-state index in [0.29, 0.717) is 17.1 Å². The summed E-state index contributed by atoms with van der Waals surface area (Å²) in [5.74, 6) is -0.139. The van der Waals surface area contributed by atoms with Crippen molar-refractivity contribution in [1.29, 1.82) is 0 Å². The van der Waals surface area contributed by atoms with Gasteiger partial charge in [0.15, 0.2) is 6.10 Å². The van der Waals surface area contributed by atoms with E-state index < -0.39 is 12.0 Å². The Labute approximate surface area is 133 Å². The number of phenols is 1. The number of nitrogens with one attached hydrogen (secondary N) is 1. The van der Waals surface area contributed by atoms with Crippen molar-refractivity contribution in [2.75, 3.05) is 16.8 Å². The summed E-state index contributed by atoms with van der Waals surface area (Å²) in [6.07, 6.45) is -0.853. The van der Waals surface area contributed by atoms with Crippen molar-refractivity contribution in [3.63, 3.8) is 0 Å². The Morgan fingerprint density at radius 1 is 1.17 bits per heavy atom. The summed E-state index contributed by atoms with van der Waals surface area (Å²) in [5, 5.41) is 12.4. The molecule has 6 heteroatoms. The third kappa shape index (κ3) is 2.96. The molecular formula is C17H16N2O4. The van der Waals surface area contributed by atoms with E-state index in [1.54, 1.807) is 42.5 Å². The lowest BCUT2D eigenvalue weighted by molar-refractivity contribution is -0.123. The van der Waals surface area contributed by atoms with Crippen LogP contribution in [-0.2, 0) is 9.59 Å². The van der Waals surface area contributed by atoms with Crippen molar-refractivity contribution in [3.8, 4) is 11.5 Å². The molecule has 118 valence electrons. The first-order valence-electron chi connectivity index (χ1n) is 7.19. The Morgan fingerprint density at radius 2 is 1.87 bits per heavy atom. The molecule has 2 amide bonds. The smallest absolute Gasteiger partial charge is 0.267 e. The number of phenolic OH excluding ortho intramolecular Hbond substituents is 1. The number of anilines is 2. The highest BCUT2D eigenvalue weighted by atomic mass is 16.5. The molecule has 0 unspecified atom stereocenters. The molecule has 1 heterocycles. The van der Waals surface area contributed by atoms with Crippen molar-refractivity contribution in [2.45, 2.75) is 13.0 Å². The molecule has 2 N–H and O–H groups in total. The van der Waals surface area contributed by atoms with E-state index in [9.17, 15) is 14.7 Å². The van der Waals surface area contributed by atoms with Crippen LogP contribution >= 0.6 is 0 Å². The van der Waals surface area contributed by atoms with Crippen molar-refractivity contribution in [3.05, 3.63) is 48.5 Å². The molecule has 2 aromatic rings. The van der Waals surface area contributed by atoms with Crippen LogP contribution in [-0.4, -0.2) is 29.6 Å². The first-order chi connectivity index (χ1) is 11.1. The second-order valence-electron chi connectivity index (χ2n) is 5.21. The minimum atomic E-state index is -0.853. The van der Waals surface area contributed by atoms with Gasteiger partial charge in [-0.1, -0.05) is 24.3 Å². The Hall–Kier alpha value is -3.02. The summed E-state index contributed by atoms with van der Waals surface area (Å²) >= 11 is 0. The molecular weight excluding hydrogens is 296 g/mol. The van der Waals surface area contributed by atoms with Gasteiger partial charge < -0.3 is 20.1 Å². The summed E-state index contributed by atoms with van der Waals surface area (Å²) in [5.41, 5.74) is 0.945. The van der Waals surface area contributed by atoms with Gasteiger partial charge in [0.25, 0.3) is 5.91 Å². The monoisotopic (exact) mass is 312 g/mol. The highest BCUT2D eigenvalue weighted by molar-refractivity contribution is 6.00. The van der Waals surface area contributed by atoms with Crippen molar-refractivity contribution in [2.24, 2.45) is 0 Å². The Kier molecular flexibility index (Phi) is 3.89. The summed E-state index contributed by atoms with van der Waals surface area (Å²) in [6, 6.07) is 13.5. The topological polar surface area (TPSA) is 78.9 Å². The van der Waals surface area contributed by atoms with Gasteiger partial charge in [0.2, 0.25) is 5.91 Å². The van der Waals surface area contributed by atoms with Gasteiger partial charge in [-0.3, -0.25) is 9.59 Å². The van der Waals surface area contributed by atoms with E-state index in [2.05, 4.69) is 5.32 Å². The number of aromatic hydroxyl groups is 1. The first kappa shape index (κ1) is 14.9. The standard InChI is InChI=1S/C17H16N2O4/c1-11(20)19-10-16(23-15-9-5-3-7-13(15)19)17(22)18-12-6-2-4-8-14(12)21/h2-9,16,21H,10H2,1H3,(H,18,22)/t16-/m0/s1. The van der Waals surface area contributed by atoms with Crippen LogP contribution in [0.1, 0.15) is 6.92 Å². The molecule has 0 radical (unpaired) electrons. The SMILES string of the molecule is CC(=O)N1C[C@@H](C(=O)Nc2ccccc2O)Oc2ccccc21. The maximum Gasteiger partial charge on any atom is 0.267 e. The number of amides is 2. The number of fused-ring (bicyclic) bond motifs is 1. The number of ether oxygens (including phenoxy) is 1. The normalized spacial score (nSPS) is 16.2. The zero-order chi connectivity index (χ0) is 16.4. The minimum Gasteiger partial charge on any atom is -0.506 e. The largest absolute Gasteiger partial charge is 0.506 e. The lowest BCUT2D eigenvalue weighted by Crippen LogP contribution is -2.48. The van der Waals surface area contributed by atoms with E-state index in [4.69, 9.17) is 4.74 Å². The van der Waals surface area contributed by atoms with Crippen LogP contribution in [0.4, 0.5) is 11.4 Å². The van der Waals surface area contributed by atoms with Crippen LogP contribution in [0.5, 0.6) is 11.5 Å². The van der Waals surface area contributed by atoms with Crippen LogP contribution in [0.3, 0.4) is 0 Å². The van der Waals surface area contributed by atoms with Crippen LogP contribution < -0.4 is 15.0 Å². The fraction of sp³-hybridized carbons (Fsp3) is 0.176. The molecule has 6 nitrogen and oxygen atoms in total. The third-order valence-corrected chi connectivity index (χ3v) is 3.61. The van der Waals surface area contributed by atoms with Crippen LogP contribution in [0.15, 0.2) is 48.5 Å². The summed E-state index contributed by atoms with van der Waals surface area (Å²) in [4.78, 5) is 25.8. The zero-order valence-corrected chi connectivity index (χ0v) is 12.5. The molecule has 2 aromatic carbocycles. The van der Waals surface area contributed by atoms with E-state index in [-0.39, 0.29) is 18.2 Å². The number of carbonyl (C=O) groups excluding carboxylic acids is 2. The van der Waals surface area contributed by atoms with Gasteiger partial charge in [-0.15, -0.1) is 0 Å². The lowest BCUT2D eigenvalue weighted by Gasteiger charge is -2.33. The molecule has 1 atom stereocenters. The average Bonchev–Trinajstić information content (AvgIpc) is 2.55. The van der Waals surface area contributed by atoms with E-state index in [1.165, 1.54) is 17.9 Å². The maximum atomic E-state index is 12.4. The zero-order valence-electron chi connectivity index (χ0n) is 12.5. The van der Waals surface area contributed by atoms with E-state index in [0.717, 1.165) is 0 Å². The summed E-state index contributed by atoms with van der Waals surface area (Å²) in [7, 11) is 0. The molecule has 0 saturated carbocycles. The third-order valence-electron chi connectivity index (χ3n) is 3.61. The molecule has 0 bridgehead atoms. The van der Waals surface area contributed by atoms with Crippen LogP contribution in [0, 0.1) is 0 Å². The van der Waals surface area contributed by atoms with Crippen molar-refractivity contribution in [1.82, 2.24) is 0 Å². The first-order valence-corrected chi connectivity index (χ1v) is 7.19. The number of nitrogens with zero attached hydrogens (tertiary/aromatic N) is 1. The summed E-state index contributed by atoms with van der Waals surface area (Å²) < 4.78 is 5.70. The van der Waals surface area contributed by atoms with E-state index >= 15 is 0 Å². The number of hydrogen-bond acceptors (Lipinski definition) is 4. The molecule has 0 fully saturated rings. The predicted molar refractivity (Wildman–Crippen MR) is 85.6 cm³/mol. The fourth-order valence-electron chi connectivity index (χ4n) is 2.46. The second kappa shape index (κ2) is 6.00. The molecule has 1 aliphatic heterocycles. The quantitative estimate of drug-likeness (QED) is 0.833. The number of benzene rings is 2. The molecule has 0 saturated heterocycles. The second-order valence-corrected chi connectivity index (χ2v) is 5.21. The van der Waals surface area contributed by atoms with Gasteiger partial charge in [0, 0.05) is 6.92 Å². The Balaban J connectivity index is 1.83. The van der Waals surface area contributed by atoms with Crippen LogP contribution in [0.2, 0.25) is 0 Å². The molecule has 0 spiro atoms. The number of carbonyl (C=O) groups is 2. The van der Waals surface area contributed by atoms with Gasteiger partial charge >= 0.3 is 0 Å². The minimum absolute atomic E-state index is 0.0273. The highest BCUT2D eigenvalue weighted by Gasteiger charge is 2.32. The number of hydrogen-bond donors (Lipinski definition) is 2. The van der Waals surface area contributed by atoms with Gasteiger partial charge in [-0.25, -0.2) is 0 Å². The van der Waals surface area contributed by atoms with Crippen LogP contribution in [0.25, 0.3) is 0 Å². The van der Waals surface area contributed by atoms with Gasteiger partial charge in [-0.2, -0.15) is 0 Å². The van der Waals surface area contributed by atoms with Gasteiger partial charge in [0.05, 0.1) is 17.9 Å². The average molecular weight is 312 g/mol. The molecule has 0 aliphatic carbocycles. The lowest BCUT2D eigenvalue weighted by atomic mass is 10.1. The molecule has 3 rings (SSSR count). The molecule has 0 aromatic heterocycles. The highest BCUT2D eigenvalue weighted by Crippen LogP contribution is 2.33. The van der Waals surface area contributed by atoms with Crippen molar-refractivity contribution >= 4 is 23.2 Å². The Morgan fingerprint density at radius 3 is 2.61 bits per heavy atom. The molecule has 23 heavy (non-hydrogen) atoms. The van der Waals surface area contributed by atoms with Crippen molar-refractivity contribution < 1.29 is 19.4 Å². The van der Waals surface area contributed by atoms with E-state index in [1.807, 2.05) is 0 Å². The maximum absolute atomic E-state index is 12.4. The number of rotatable bonds is 2. The number of para-hydroxylation sites is 4. The fourth-order valence-corrected chi connectivity index (χ4v) is 2.46. The Bertz CT molecular complexity index is 760. The summed E-state index contributed by atoms with van der Waals surface area (Å²) in [6.45, 7) is 1.56. The predicted octanol–water partition coefficient (Wildman–Crippen LogP) is 2.14.